The summed E-state index contributed by atoms with van der Waals surface area (Å²) < 4.78 is 5.75. The lowest BCUT2D eigenvalue weighted by Gasteiger charge is -2.34. The molecular weight excluding hydrogens is 304 g/mol. The first-order valence-corrected chi connectivity index (χ1v) is 8.80. The van der Waals surface area contributed by atoms with Crippen LogP contribution in [0.3, 0.4) is 0 Å². The summed E-state index contributed by atoms with van der Waals surface area (Å²) in [6.45, 7) is 10.6. The maximum absolute atomic E-state index is 12.4. The van der Waals surface area contributed by atoms with Gasteiger partial charge >= 0.3 is 0 Å². The molecule has 0 spiro atoms. The van der Waals surface area contributed by atoms with Gasteiger partial charge in [0.25, 0.3) is 5.91 Å². The summed E-state index contributed by atoms with van der Waals surface area (Å²) in [6.07, 6.45) is 1.12. The molecular formula is C19H28N2O3. The molecule has 1 atom stereocenters. The fraction of sp³-hybridized carbons (Fsp3) is 0.579. The highest BCUT2D eigenvalue weighted by Gasteiger charge is 2.32. The lowest BCUT2D eigenvalue weighted by Crippen LogP contribution is -2.46. The molecule has 1 heterocycles. The first-order chi connectivity index (χ1) is 11.4. The lowest BCUT2D eigenvalue weighted by molar-refractivity contribution is -0.125. The van der Waals surface area contributed by atoms with Crippen molar-refractivity contribution < 1.29 is 14.3 Å². The minimum atomic E-state index is -0.513. The molecule has 0 radical (unpaired) electrons. The standard InChI is InChI=1S/C19H28N2O3/c1-6-14(7-2)18(22)20-15-8-9-16-17(10-15)24-13(5)19(23)21(16)11-12(3)4/h8-10,12-14H,6-7,11H2,1-5H3,(H,20,22). The number of anilines is 2. The Morgan fingerprint density at radius 2 is 1.96 bits per heavy atom. The Morgan fingerprint density at radius 1 is 1.29 bits per heavy atom. The van der Waals surface area contributed by atoms with Crippen LogP contribution >= 0.6 is 0 Å². The van der Waals surface area contributed by atoms with Gasteiger partial charge < -0.3 is 15.0 Å². The number of nitrogens with zero attached hydrogens (tertiary/aromatic N) is 1. The van der Waals surface area contributed by atoms with Crippen molar-refractivity contribution in [3.8, 4) is 5.75 Å². The topological polar surface area (TPSA) is 58.6 Å². The van der Waals surface area contributed by atoms with Crippen molar-refractivity contribution in [3.63, 3.8) is 0 Å². The zero-order chi connectivity index (χ0) is 17.9. The third kappa shape index (κ3) is 3.89. The van der Waals surface area contributed by atoms with E-state index in [0.29, 0.717) is 23.9 Å². The molecule has 1 N–H and O–H groups in total. The Hall–Kier alpha value is -2.04. The summed E-state index contributed by atoms with van der Waals surface area (Å²) >= 11 is 0. The molecule has 0 saturated carbocycles. The molecule has 1 aliphatic rings. The quantitative estimate of drug-likeness (QED) is 0.861. The van der Waals surface area contributed by atoms with Gasteiger partial charge in [-0.2, -0.15) is 0 Å². The second-order valence-electron chi connectivity index (χ2n) is 6.79. The summed E-state index contributed by atoms with van der Waals surface area (Å²) in [5.74, 6) is 1.02. The van der Waals surface area contributed by atoms with E-state index in [9.17, 15) is 9.59 Å². The third-order valence-corrected chi connectivity index (χ3v) is 4.34. The van der Waals surface area contributed by atoms with Gasteiger partial charge in [-0.1, -0.05) is 27.7 Å². The van der Waals surface area contributed by atoms with Gasteiger partial charge in [0.05, 0.1) is 5.69 Å². The fourth-order valence-corrected chi connectivity index (χ4v) is 2.95. The van der Waals surface area contributed by atoms with Crippen LogP contribution in [-0.4, -0.2) is 24.5 Å². The first kappa shape index (κ1) is 18.3. The number of hydrogen-bond acceptors (Lipinski definition) is 3. The molecule has 0 saturated heterocycles. The van der Waals surface area contributed by atoms with Crippen LogP contribution in [0, 0.1) is 11.8 Å². The van der Waals surface area contributed by atoms with E-state index in [-0.39, 0.29) is 17.7 Å². The third-order valence-electron chi connectivity index (χ3n) is 4.34. The SMILES string of the molecule is CCC(CC)C(=O)Nc1ccc2c(c1)OC(C)C(=O)N2CC(C)C. The minimum absolute atomic E-state index is 0.0138. The molecule has 2 rings (SSSR count). The van der Waals surface area contributed by atoms with E-state index in [1.54, 1.807) is 11.8 Å². The van der Waals surface area contributed by atoms with Gasteiger partial charge in [0.15, 0.2) is 6.10 Å². The summed E-state index contributed by atoms with van der Waals surface area (Å²) in [7, 11) is 0. The van der Waals surface area contributed by atoms with Crippen LogP contribution in [0.2, 0.25) is 0 Å². The van der Waals surface area contributed by atoms with Crippen LogP contribution in [0.15, 0.2) is 18.2 Å². The highest BCUT2D eigenvalue weighted by Crippen LogP contribution is 2.36. The highest BCUT2D eigenvalue weighted by molar-refractivity contribution is 6.00. The van der Waals surface area contributed by atoms with Gasteiger partial charge in [0, 0.05) is 24.2 Å². The monoisotopic (exact) mass is 332 g/mol. The Bertz CT molecular complexity index is 609. The van der Waals surface area contributed by atoms with E-state index in [0.717, 1.165) is 18.5 Å². The number of carbonyl (C=O) groups excluding carboxylic acids is 2. The van der Waals surface area contributed by atoms with E-state index < -0.39 is 6.10 Å². The van der Waals surface area contributed by atoms with Crippen molar-refractivity contribution in [2.75, 3.05) is 16.8 Å². The molecule has 1 unspecified atom stereocenters. The largest absolute Gasteiger partial charge is 0.479 e. The van der Waals surface area contributed by atoms with Crippen molar-refractivity contribution in [1.29, 1.82) is 0 Å². The molecule has 5 nitrogen and oxygen atoms in total. The van der Waals surface area contributed by atoms with Gasteiger partial charge in [-0.3, -0.25) is 9.59 Å². The zero-order valence-corrected chi connectivity index (χ0v) is 15.3. The van der Waals surface area contributed by atoms with Gasteiger partial charge in [0.2, 0.25) is 5.91 Å². The number of fused-ring (bicyclic) bond motifs is 1. The van der Waals surface area contributed by atoms with Crippen molar-refractivity contribution in [2.45, 2.75) is 53.6 Å². The molecule has 0 aromatic heterocycles. The number of ether oxygens (including phenoxy) is 1. The predicted molar refractivity (Wildman–Crippen MR) is 96.4 cm³/mol. The molecule has 5 heteroatoms. The molecule has 0 bridgehead atoms. The van der Waals surface area contributed by atoms with Crippen molar-refractivity contribution >= 4 is 23.2 Å². The van der Waals surface area contributed by atoms with Crippen molar-refractivity contribution in [3.05, 3.63) is 18.2 Å². The minimum Gasteiger partial charge on any atom is -0.479 e. The lowest BCUT2D eigenvalue weighted by atomic mass is 10.0. The van der Waals surface area contributed by atoms with Gasteiger partial charge in [0.1, 0.15) is 5.75 Å². The maximum Gasteiger partial charge on any atom is 0.267 e. The van der Waals surface area contributed by atoms with Crippen LogP contribution in [0.1, 0.15) is 47.5 Å². The average molecular weight is 332 g/mol. The highest BCUT2D eigenvalue weighted by atomic mass is 16.5. The summed E-state index contributed by atoms with van der Waals surface area (Å²) in [5, 5.41) is 2.95. The first-order valence-electron chi connectivity index (χ1n) is 8.80. The number of carbonyl (C=O) groups is 2. The summed E-state index contributed by atoms with van der Waals surface area (Å²) in [4.78, 5) is 26.4. The Morgan fingerprint density at radius 3 is 2.54 bits per heavy atom. The second kappa shape index (κ2) is 7.69. The number of benzene rings is 1. The van der Waals surface area contributed by atoms with Crippen LogP contribution in [0.4, 0.5) is 11.4 Å². The molecule has 0 fully saturated rings. The van der Waals surface area contributed by atoms with Crippen molar-refractivity contribution in [1.82, 2.24) is 0 Å². The number of nitrogens with one attached hydrogen (secondary N) is 1. The van der Waals surface area contributed by atoms with E-state index in [1.165, 1.54) is 0 Å². The van der Waals surface area contributed by atoms with Crippen LogP contribution in [0.25, 0.3) is 0 Å². The molecule has 1 aromatic rings. The van der Waals surface area contributed by atoms with Crippen LogP contribution < -0.4 is 15.0 Å². The molecule has 1 aliphatic heterocycles. The maximum atomic E-state index is 12.4. The van der Waals surface area contributed by atoms with E-state index in [4.69, 9.17) is 4.74 Å². The fourth-order valence-electron chi connectivity index (χ4n) is 2.95. The Labute approximate surface area is 144 Å². The van der Waals surface area contributed by atoms with E-state index >= 15 is 0 Å². The van der Waals surface area contributed by atoms with E-state index in [1.807, 2.05) is 32.0 Å². The second-order valence-corrected chi connectivity index (χ2v) is 6.79. The number of amides is 2. The predicted octanol–water partition coefficient (Wildman–Crippen LogP) is 3.83. The van der Waals surface area contributed by atoms with E-state index in [2.05, 4.69) is 19.2 Å². The van der Waals surface area contributed by atoms with Crippen molar-refractivity contribution in [2.24, 2.45) is 11.8 Å². The van der Waals surface area contributed by atoms with Gasteiger partial charge in [-0.25, -0.2) is 0 Å². The summed E-state index contributed by atoms with van der Waals surface area (Å²) in [5.41, 5.74) is 1.48. The normalized spacial score (nSPS) is 17.0. The summed E-state index contributed by atoms with van der Waals surface area (Å²) in [6, 6.07) is 5.49. The Kier molecular flexibility index (Phi) is 5.86. The smallest absolute Gasteiger partial charge is 0.267 e. The average Bonchev–Trinajstić information content (AvgIpc) is 2.52. The zero-order valence-electron chi connectivity index (χ0n) is 15.3. The number of rotatable bonds is 6. The number of hydrogen-bond donors (Lipinski definition) is 1. The molecule has 2 amide bonds. The molecule has 132 valence electrons. The van der Waals surface area contributed by atoms with Crippen LogP contribution in [0.5, 0.6) is 5.75 Å². The molecule has 24 heavy (non-hydrogen) atoms. The molecule has 1 aromatic carbocycles. The van der Waals surface area contributed by atoms with Gasteiger partial charge in [-0.15, -0.1) is 0 Å². The Balaban J connectivity index is 2.25. The van der Waals surface area contributed by atoms with Gasteiger partial charge in [-0.05, 0) is 37.8 Å². The van der Waals surface area contributed by atoms with Crippen LogP contribution in [-0.2, 0) is 9.59 Å². The molecule has 0 aliphatic carbocycles.